The minimum atomic E-state index is -0.535. The molecule has 0 fully saturated rings. The third-order valence-corrected chi connectivity index (χ3v) is 1.68. The van der Waals surface area contributed by atoms with E-state index in [1.54, 1.807) is 13.8 Å². The molecule has 70 valence electrons. The molecule has 0 aliphatic heterocycles. The monoisotopic (exact) mass is 190 g/mol. The third kappa shape index (κ3) is 4.36. The number of nitrogens with one attached hydrogen (secondary N) is 1. The molecule has 0 radical (unpaired) electrons. The van der Waals surface area contributed by atoms with Gasteiger partial charge in [0.05, 0.1) is 5.41 Å². The summed E-state index contributed by atoms with van der Waals surface area (Å²) in [6.45, 7) is 8.07. The van der Waals surface area contributed by atoms with Gasteiger partial charge < -0.3 is 11.1 Å². The maximum absolute atomic E-state index is 10.8. The van der Waals surface area contributed by atoms with Crippen LogP contribution in [0.25, 0.3) is 0 Å². The van der Waals surface area contributed by atoms with Crippen molar-refractivity contribution in [3.8, 4) is 0 Å². The summed E-state index contributed by atoms with van der Waals surface area (Å²) in [5.74, 6) is -0.324. The van der Waals surface area contributed by atoms with Crippen LogP contribution in [0.2, 0.25) is 0 Å². The third-order valence-electron chi connectivity index (χ3n) is 1.55. The number of primary amides is 1. The summed E-state index contributed by atoms with van der Waals surface area (Å²) in [5, 5.41) is 3.50. The van der Waals surface area contributed by atoms with Crippen LogP contribution in [-0.4, -0.2) is 19.0 Å². The molecule has 0 aliphatic rings. The van der Waals surface area contributed by atoms with Gasteiger partial charge in [-0.1, -0.05) is 18.2 Å². The standard InChI is InChI=1S/C8H15ClN2O/c1-6(9)4-11-5-8(2,3)7(10)12/h11H,1,4-5H2,2-3H3,(H2,10,12). The van der Waals surface area contributed by atoms with Crippen LogP contribution in [-0.2, 0) is 4.79 Å². The molecule has 0 saturated carbocycles. The first-order valence-corrected chi connectivity index (χ1v) is 4.08. The smallest absolute Gasteiger partial charge is 0.224 e. The van der Waals surface area contributed by atoms with E-state index >= 15 is 0 Å². The van der Waals surface area contributed by atoms with Crippen LogP contribution in [0.5, 0.6) is 0 Å². The highest BCUT2D eigenvalue weighted by Gasteiger charge is 2.23. The lowest BCUT2D eigenvalue weighted by molar-refractivity contribution is -0.125. The number of halogens is 1. The second-order valence-corrected chi connectivity index (χ2v) is 3.90. The van der Waals surface area contributed by atoms with E-state index in [-0.39, 0.29) is 5.91 Å². The van der Waals surface area contributed by atoms with Crippen molar-refractivity contribution in [3.05, 3.63) is 11.6 Å². The quantitative estimate of drug-likeness (QED) is 0.675. The zero-order valence-corrected chi connectivity index (χ0v) is 8.24. The molecule has 0 unspecified atom stereocenters. The van der Waals surface area contributed by atoms with E-state index < -0.39 is 5.41 Å². The van der Waals surface area contributed by atoms with Crippen molar-refractivity contribution in [2.45, 2.75) is 13.8 Å². The first-order chi connectivity index (χ1) is 5.36. The van der Waals surface area contributed by atoms with Crippen molar-refractivity contribution in [3.63, 3.8) is 0 Å². The van der Waals surface area contributed by atoms with Crippen LogP contribution >= 0.6 is 11.6 Å². The molecule has 0 atom stereocenters. The normalized spacial score (nSPS) is 11.2. The average molecular weight is 191 g/mol. The molecular weight excluding hydrogens is 176 g/mol. The molecule has 0 aliphatic carbocycles. The lowest BCUT2D eigenvalue weighted by Gasteiger charge is -2.20. The number of nitrogens with two attached hydrogens (primary N) is 1. The van der Waals surface area contributed by atoms with Crippen molar-refractivity contribution in [2.75, 3.05) is 13.1 Å². The van der Waals surface area contributed by atoms with Crippen LogP contribution in [0, 0.1) is 5.41 Å². The van der Waals surface area contributed by atoms with Gasteiger partial charge in [-0.15, -0.1) is 0 Å². The molecule has 12 heavy (non-hydrogen) atoms. The van der Waals surface area contributed by atoms with Gasteiger partial charge in [0.25, 0.3) is 0 Å². The van der Waals surface area contributed by atoms with Gasteiger partial charge >= 0.3 is 0 Å². The summed E-state index contributed by atoms with van der Waals surface area (Å²) < 4.78 is 0. The fourth-order valence-electron chi connectivity index (χ4n) is 0.598. The van der Waals surface area contributed by atoms with Crippen LogP contribution < -0.4 is 11.1 Å². The highest BCUT2D eigenvalue weighted by molar-refractivity contribution is 6.29. The summed E-state index contributed by atoms with van der Waals surface area (Å²) in [4.78, 5) is 10.8. The Hall–Kier alpha value is -0.540. The fourth-order valence-corrected chi connectivity index (χ4v) is 0.692. The first-order valence-electron chi connectivity index (χ1n) is 3.70. The molecule has 0 bridgehead atoms. The highest BCUT2D eigenvalue weighted by atomic mass is 35.5. The summed E-state index contributed by atoms with van der Waals surface area (Å²) in [5.41, 5.74) is 4.62. The van der Waals surface area contributed by atoms with Crippen LogP contribution in [0.3, 0.4) is 0 Å². The predicted molar refractivity (Wildman–Crippen MR) is 50.8 cm³/mol. The largest absolute Gasteiger partial charge is 0.369 e. The molecule has 3 N–H and O–H groups in total. The lowest BCUT2D eigenvalue weighted by Crippen LogP contribution is -2.40. The number of carbonyl (C=O) groups is 1. The Balaban J connectivity index is 3.76. The summed E-state index contributed by atoms with van der Waals surface area (Å²) in [6.07, 6.45) is 0. The molecule has 0 aromatic rings. The van der Waals surface area contributed by atoms with Gasteiger partial charge in [-0.3, -0.25) is 4.79 Å². The zero-order valence-electron chi connectivity index (χ0n) is 7.48. The van der Waals surface area contributed by atoms with Gasteiger partial charge in [-0.2, -0.15) is 0 Å². The highest BCUT2D eigenvalue weighted by Crippen LogP contribution is 2.11. The van der Waals surface area contributed by atoms with Crippen molar-refractivity contribution >= 4 is 17.5 Å². The fraction of sp³-hybridized carbons (Fsp3) is 0.625. The SMILES string of the molecule is C=C(Cl)CNCC(C)(C)C(N)=O. The van der Waals surface area contributed by atoms with Gasteiger partial charge in [0.1, 0.15) is 0 Å². The molecular formula is C8H15ClN2O. The lowest BCUT2D eigenvalue weighted by atomic mass is 9.93. The summed E-state index contributed by atoms with van der Waals surface area (Å²) in [7, 11) is 0. The van der Waals surface area contributed by atoms with Gasteiger partial charge in [-0.25, -0.2) is 0 Å². The maximum Gasteiger partial charge on any atom is 0.224 e. The number of carbonyl (C=O) groups excluding carboxylic acids is 1. The second kappa shape index (κ2) is 4.48. The Bertz CT molecular complexity index is 189. The number of hydrogen-bond donors (Lipinski definition) is 2. The average Bonchev–Trinajstić information content (AvgIpc) is 1.85. The molecule has 0 rings (SSSR count). The molecule has 0 saturated heterocycles. The Morgan fingerprint density at radius 3 is 2.50 bits per heavy atom. The Kier molecular flexibility index (Phi) is 4.28. The van der Waals surface area contributed by atoms with E-state index in [1.165, 1.54) is 0 Å². The van der Waals surface area contributed by atoms with Gasteiger partial charge in [-0.05, 0) is 13.8 Å². The van der Waals surface area contributed by atoms with Crippen LogP contribution in [0.1, 0.15) is 13.8 Å². The van der Waals surface area contributed by atoms with Crippen LogP contribution in [0.4, 0.5) is 0 Å². The molecule has 0 heterocycles. The molecule has 0 aromatic carbocycles. The number of hydrogen-bond acceptors (Lipinski definition) is 2. The van der Waals surface area contributed by atoms with Gasteiger partial charge in [0, 0.05) is 18.1 Å². The van der Waals surface area contributed by atoms with Gasteiger partial charge in [0.2, 0.25) is 5.91 Å². The molecule has 1 amide bonds. The van der Waals surface area contributed by atoms with Gasteiger partial charge in [0.15, 0.2) is 0 Å². The topological polar surface area (TPSA) is 55.1 Å². The van der Waals surface area contributed by atoms with Crippen molar-refractivity contribution in [1.82, 2.24) is 5.32 Å². The molecule has 0 aromatic heterocycles. The molecule has 4 heteroatoms. The van der Waals surface area contributed by atoms with E-state index in [4.69, 9.17) is 17.3 Å². The zero-order chi connectivity index (χ0) is 9.78. The minimum Gasteiger partial charge on any atom is -0.369 e. The van der Waals surface area contributed by atoms with E-state index in [0.29, 0.717) is 18.1 Å². The molecule has 3 nitrogen and oxygen atoms in total. The summed E-state index contributed by atoms with van der Waals surface area (Å²) in [6, 6.07) is 0. The Morgan fingerprint density at radius 1 is 1.67 bits per heavy atom. The maximum atomic E-state index is 10.8. The van der Waals surface area contributed by atoms with E-state index in [2.05, 4.69) is 11.9 Å². The van der Waals surface area contributed by atoms with Crippen molar-refractivity contribution < 1.29 is 4.79 Å². The van der Waals surface area contributed by atoms with Crippen LogP contribution in [0.15, 0.2) is 11.6 Å². The van der Waals surface area contributed by atoms with Crippen molar-refractivity contribution in [1.29, 1.82) is 0 Å². The molecule has 0 spiro atoms. The minimum absolute atomic E-state index is 0.324. The second-order valence-electron chi connectivity index (χ2n) is 3.37. The van der Waals surface area contributed by atoms with E-state index in [9.17, 15) is 4.79 Å². The van der Waals surface area contributed by atoms with E-state index in [1.807, 2.05) is 0 Å². The van der Waals surface area contributed by atoms with E-state index in [0.717, 1.165) is 0 Å². The first kappa shape index (κ1) is 11.5. The Labute approximate surface area is 78.0 Å². The number of rotatable bonds is 5. The number of amides is 1. The summed E-state index contributed by atoms with van der Waals surface area (Å²) >= 11 is 5.51. The predicted octanol–water partition coefficient (Wildman–Crippen LogP) is 0.840. The van der Waals surface area contributed by atoms with Crippen molar-refractivity contribution in [2.24, 2.45) is 11.1 Å². The Morgan fingerprint density at radius 2 is 2.17 bits per heavy atom.